The highest BCUT2D eigenvalue weighted by Gasteiger charge is 2.45. The molecule has 1 aliphatic rings. The summed E-state index contributed by atoms with van der Waals surface area (Å²) < 4.78 is 31.3. The Morgan fingerprint density at radius 1 is 0.889 bits per heavy atom. The van der Waals surface area contributed by atoms with Crippen LogP contribution in [-0.4, -0.2) is 19.5 Å². The maximum absolute atomic E-state index is 12.7. The molecule has 0 fully saturated rings. The van der Waals surface area contributed by atoms with Crippen molar-refractivity contribution in [2.45, 2.75) is 10.1 Å². The number of hydrogen-bond donors (Lipinski definition) is 2. The van der Waals surface area contributed by atoms with Gasteiger partial charge in [-0.05, 0) is 47.5 Å². The van der Waals surface area contributed by atoms with Gasteiger partial charge < -0.3 is 4.74 Å². The number of fused-ring (bicyclic) bond motifs is 1. The Morgan fingerprint density at radius 3 is 2.33 bits per heavy atom. The first kappa shape index (κ1) is 17.3. The Labute approximate surface area is 155 Å². The van der Waals surface area contributed by atoms with Gasteiger partial charge in [-0.3, -0.25) is 10.0 Å². The number of hydrogen-bond acceptors (Lipinski definition) is 5. The molecular weight excluding hydrogens is 366 g/mol. The van der Waals surface area contributed by atoms with Gasteiger partial charge >= 0.3 is 0 Å². The maximum Gasteiger partial charge on any atom is 0.274 e. The van der Waals surface area contributed by atoms with Gasteiger partial charge in [0.25, 0.3) is 5.91 Å². The van der Waals surface area contributed by atoms with Crippen LogP contribution in [0.4, 0.5) is 0 Å². The quantitative estimate of drug-likeness (QED) is 0.533. The predicted octanol–water partition coefficient (Wildman–Crippen LogP) is 3.47. The summed E-state index contributed by atoms with van der Waals surface area (Å²) in [4.78, 5) is 12.1. The number of carbonyl (C=O) groups is 1. The number of ether oxygens (including phenoxy) is 1. The highest BCUT2D eigenvalue weighted by molar-refractivity contribution is 7.93. The van der Waals surface area contributed by atoms with Crippen molar-refractivity contribution in [3.05, 3.63) is 89.5 Å². The average Bonchev–Trinajstić information content (AvgIpc) is 2.68. The van der Waals surface area contributed by atoms with Crippen molar-refractivity contribution in [2.24, 2.45) is 0 Å². The minimum atomic E-state index is -3.61. The lowest BCUT2D eigenvalue weighted by atomic mass is 9.97. The standard InChI is InChI=1S/C20H15NO5S/c22-20(21-23)16-9-5-4-8-15(16)19-17-12-14(10-11-18(17)27(19,24)25)26-13-6-2-1-3-7-13/h1-12,19,23H,(H,21,22). The number of benzene rings is 3. The highest BCUT2D eigenvalue weighted by Crippen LogP contribution is 2.49. The molecule has 0 bridgehead atoms. The number of rotatable bonds is 4. The van der Waals surface area contributed by atoms with Crippen LogP contribution in [0.3, 0.4) is 0 Å². The summed E-state index contributed by atoms with van der Waals surface area (Å²) in [5, 5.41) is 7.96. The third-order valence-corrected chi connectivity index (χ3v) is 6.56. The Hall–Kier alpha value is -3.16. The third-order valence-electron chi connectivity index (χ3n) is 4.45. The Kier molecular flexibility index (Phi) is 4.18. The molecule has 0 aliphatic carbocycles. The van der Waals surface area contributed by atoms with Crippen LogP contribution in [0.2, 0.25) is 0 Å². The predicted molar refractivity (Wildman–Crippen MR) is 97.7 cm³/mol. The van der Waals surface area contributed by atoms with Crippen molar-refractivity contribution in [3.8, 4) is 11.5 Å². The van der Waals surface area contributed by atoms with Gasteiger partial charge in [0.1, 0.15) is 16.7 Å². The van der Waals surface area contributed by atoms with E-state index in [-0.39, 0.29) is 10.5 Å². The number of para-hydroxylation sites is 1. The van der Waals surface area contributed by atoms with Crippen LogP contribution in [0.15, 0.2) is 77.7 Å². The summed E-state index contributed by atoms with van der Waals surface area (Å²) in [6.45, 7) is 0. The van der Waals surface area contributed by atoms with E-state index in [1.807, 2.05) is 18.2 Å². The van der Waals surface area contributed by atoms with Crippen LogP contribution in [0.25, 0.3) is 0 Å². The van der Waals surface area contributed by atoms with Crippen molar-refractivity contribution >= 4 is 15.7 Å². The molecule has 0 aromatic heterocycles. The summed E-state index contributed by atoms with van der Waals surface area (Å²) in [7, 11) is -3.61. The summed E-state index contributed by atoms with van der Waals surface area (Å²) in [5.41, 5.74) is 2.54. The zero-order chi connectivity index (χ0) is 19.0. The molecule has 27 heavy (non-hydrogen) atoms. The molecule has 0 saturated heterocycles. The second-order valence-corrected chi connectivity index (χ2v) is 8.07. The molecule has 7 heteroatoms. The second-order valence-electron chi connectivity index (χ2n) is 6.07. The average molecular weight is 381 g/mol. The first-order chi connectivity index (χ1) is 13.0. The van der Waals surface area contributed by atoms with Gasteiger partial charge in [-0.1, -0.05) is 36.4 Å². The van der Waals surface area contributed by atoms with Gasteiger partial charge in [0, 0.05) is 5.56 Å². The molecule has 3 aromatic carbocycles. The molecular formula is C20H15NO5S. The molecule has 0 saturated carbocycles. The minimum Gasteiger partial charge on any atom is -0.457 e. The van der Waals surface area contributed by atoms with E-state index < -0.39 is 21.0 Å². The first-order valence-electron chi connectivity index (χ1n) is 8.16. The van der Waals surface area contributed by atoms with Crippen LogP contribution >= 0.6 is 0 Å². The Balaban J connectivity index is 1.77. The number of carbonyl (C=O) groups excluding carboxylic acids is 1. The maximum atomic E-state index is 12.7. The lowest BCUT2D eigenvalue weighted by Gasteiger charge is -2.31. The zero-order valence-electron chi connectivity index (χ0n) is 14.0. The normalized spacial score (nSPS) is 16.7. The fourth-order valence-electron chi connectivity index (χ4n) is 3.24. The highest BCUT2D eigenvalue weighted by atomic mass is 32.2. The van der Waals surface area contributed by atoms with E-state index in [0.717, 1.165) is 0 Å². The Bertz CT molecular complexity index is 1130. The summed E-state index contributed by atoms with van der Waals surface area (Å²) in [6, 6.07) is 20.2. The molecule has 1 unspecified atom stereocenters. The van der Waals surface area contributed by atoms with Gasteiger partial charge in [0.15, 0.2) is 9.84 Å². The molecule has 4 rings (SSSR count). The monoisotopic (exact) mass is 381 g/mol. The fourth-order valence-corrected chi connectivity index (χ4v) is 5.14. The lowest BCUT2D eigenvalue weighted by Crippen LogP contribution is -2.30. The number of sulfone groups is 1. The van der Waals surface area contributed by atoms with Gasteiger partial charge in [0.05, 0.1) is 4.90 Å². The lowest BCUT2D eigenvalue weighted by molar-refractivity contribution is 0.0705. The summed E-state index contributed by atoms with van der Waals surface area (Å²) in [5.74, 6) is 0.381. The van der Waals surface area contributed by atoms with E-state index in [2.05, 4.69) is 0 Å². The molecule has 1 amide bonds. The molecule has 1 aliphatic heterocycles. The molecule has 0 spiro atoms. The fraction of sp³-hybridized carbons (Fsp3) is 0.0500. The van der Waals surface area contributed by atoms with E-state index in [1.54, 1.807) is 47.9 Å². The van der Waals surface area contributed by atoms with Gasteiger partial charge in [-0.25, -0.2) is 13.9 Å². The van der Waals surface area contributed by atoms with Crippen LogP contribution in [-0.2, 0) is 9.84 Å². The largest absolute Gasteiger partial charge is 0.457 e. The van der Waals surface area contributed by atoms with Gasteiger partial charge in [-0.2, -0.15) is 0 Å². The van der Waals surface area contributed by atoms with E-state index in [4.69, 9.17) is 9.94 Å². The SMILES string of the molecule is O=C(NO)c1ccccc1C1c2cc(Oc3ccccc3)ccc2S1(=O)=O. The number of hydroxylamine groups is 1. The van der Waals surface area contributed by atoms with Crippen LogP contribution in [0.1, 0.15) is 26.7 Å². The molecule has 0 radical (unpaired) electrons. The van der Waals surface area contributed by atoms with Gasteiger partial charge in [0.2, 0.25) is 0 Å². The molecule has 1 atom stereocenters. The van der Waals surface area contributed by atoms with Crippen LogP contribution in [0.5, 0.6) is 11.5 Å². The van der Waals surface area contributed by atoms with Crippen molar-refractivity contribution in [2.75, 3.05) is 0 Å². The third kappa shape index (κ3) is 2.87. The van der Waals surface area contributed by atoms with E-state index in [1.165, 1.54) is 12.1 Å². The van der Waals surface area contributed by atoms with Gasteiger partial charge in [-0.15, -0.1) is 0 Å². The van der Waals surface area contributed by atoms with Crippen molar-refractivity contribution in [3.63, 3.8) is 0 Å². The molecule has 6 nitrogen and oxygen atoms in total. The zero-order valence-corrected chi connectivity index (χ0v) is 14.8. The van der Waals surface area contributed by atoms with E-state index >= 15 is 0 Å². The van der Waals surface area contributed by atoms with Crippen LogP contribution in [0, 0.1) is 0 Å². The number of amides is 1. The Morgan fingerprint density at radius 2 is 1.59 bits per heavy atom. The summed E-state index contributed by atoms with van der Waals surface area (Å²) >= 11 is 0. The van der Waals surface area contributed by atoms with E-state index in [0.29, 0.717) is 22.6 Å². The van der Waals surface area contributed by atoms with Crippen molar-refractivity contribution in [1.29, 1.82) is 0 Å². The topological polar surface area (TPSA) is 92.7 Å². The number of nitrogens with one attached hydrogen (secondary N) is 1. The molecule has 3 aromatic rings. The molecule has 1 heterocycles. The van der Waals surface area contributed by atoms with Crippen LogP contribution < -0.4 is 10.2 Å². The molecule has 2 N–H and O–H groups in total. The smallest absolute Gasteiger partial charge is 0.274 e. The second kappa shape index (κ2) is 6.53. The first-order valence-corrected chi connectivity index (χ1v) is 9.71. The summed E-state index contributed by atoms with van der Waals surface area (Å²) in [6.07, 6.45) is 0. The molecule has 136 valence electrons. The minimum absolute atomic E-state index is 0.105. The van der Waals surface area contributed by atoms with Crippen molar-refractivity contribution in [1.82, 2.24) is 5.48 Å². The van der Waals surface area contributed by atoms with Crippen molar-refractivity contribution < 1.29 is 23.2 Å². The van der Waals surface area contributed by atoms with E-state index in [9.17, 15) is 13.2 Å².